The van der Waals surface area contributed by atoms with Gasteiger partial charge in [0.15, 0.2) is 4.67 Å². The van der Waals surface area contributed by atoms with E-state index in [1.807, 2.05) is 0 Å². The summed E-state index contributed by atoms with van der Waals surface area (Å²) in [4.78, 5) is 0.136. The maximum Gasteiger partial charge on any atom is 0.243 e. The Hall–Kier alpha value is -1.18. The van der Waals surface area contributed by atoms with Crippen LogP contribution in [0.4, 0.5) is 4.39 Å². The van der Waals surface area contributed by atoms with Gasteiger partial charge in [-0.25, -0.2) is 12.8 Å². The first-order valence-corrected chi connectivity index (χ1v) is 8.42. The van der Waals surface area contributed by atoms with E-state index in [4.69, 9.17) is 4.42 Å². The molecule has 4 nitrogen and oxygen atoms in total. The van der Waals surface area contributed by atoms with Gasteiger partial charge in [0.2, 0.25) is 10.0 Å². The van der Waals surface area contributed by atoms with E-state index in [1.54, 1.807) is 26.0 Å². The Morgan fingerprint density at radius 2 is 1.81 bits per heavy atom. The van der Waals surface area contributed by atoms with Crippen molar-refractivity contribution >= 4 is 26.0 Å². The standard InChI is InChI=1S/C14H15BrFNO3S/c1-9-6-11(16)7-10(2)14(9)21(18,19)17(3)8-12-4-5-13(15)20-12/h4-7H,8H2,1-3H3. The highest BCUT2D eigenvalue weighted by Crippen LogP contribution is 2.26. The third-order valence-corrected chi connectivity index (χ3v) is 5.64. The minimum Gasteiger partial charge on any atom is -0.453 e. The number of nitrogens with zero attached hydrogens (tertiary/aromatic N) is 1. The first kappa shape index (κ1) is 16.2. The lowest BCUT2D eigenvalue weighted by molar-refractivity contribution is 0.398. The zero-order chi connectivity index (χ0) is 15.8. The molecule has 2 aromatic rings. The molecule has 0 amide bonds. The summed E-state index contributed by atoms with van der Waals surface area (Å²) < 4.78 is 45.7. The van der Waals surface area contributed by atoms with Crippen LogP contribution in [0, 0.1) is 19.7 Å². The maximum absolute atomic E-state index is 13.3. The molecule has 0 saturated carbocycles. The van der Waals surface area contributed by atoms with Crippen LogP contribution in [0.15, 0.2) is 38.2 Å². The van der Waals surface area contributed by atoms with Crippen LogP contribution >= 0.6 is 15.9 Å². The number of halogens is 2. The van der Waals surface area contributed by atoms with Gasteiger partial charge in [-0.1, -0.05) is 0 Å². The van der Waals surface area contributed by atoms with Crippen molar-refractivity contribution in [3.05, 3.63) is 51.6 Å². The van der Waals surface area contributed by atoms with Crippen LogP contribution in [-0.2, 0) is 16.6 Å². The highest BCUT2D eigenvalue weighted by atomic mass is 79.9. The summed E-state index contributed by atoms with van der Waals surface area (Å²) in [6.07, 6.45) is 0. The summed E-state index contributed by atoms with van der Waals surface area (Å²) in [6.45, 7) is 3.27. The van der Waals surface area contributed by atoms with Gasteiger partial charge in [0.05, 0.1) is 11.4 Å². The van der Waals surface area contributed by atoms with Gasteiger partial charge in [0, 0.05) is 7.05 Å². The van der Waals surface area contributed by atoms with Crippen molar-refractivity contribution in [3.63, 3.8) is 0 Å². The largest absolute Gasteiger partial charge is 0.453 e. The van der Waals surface area contributed by atoms with Gasteiger partial charge in [0.1, 0.15) is 11.6 Å². The Morgan fingerprint density at radius 3 is 2.29 bits per heavy atom. The molecule has 7 heteroatoms. The molecule has 0 aliphatic rings. The van der Waals surface area contributed by atoms with Crippen molar-refractivity contribution < 1.29 is 17.2 Å². The van der Waals surface area contributed by atoms with E-state index in [0.29, 0.717) is 21.6 Å². The molecule has 0 fully saturated rings. The van der Waals surface area contributed by atoms with Gasteiger partial charge in [-0.3, -0.25) is 0 Å². The monoisotopic (exact) mass is 375 g/mol. The summed E-state index contributed by atoms with van der Waals surface area (Å²) in [5.74, 6) is 0.0759. The first-order chi connectivity index (χ1) is 9.71. The van der Waals surface area contributed by atoms with Crippen molar-refractivity contribution in [1.29, 1.82) is 0 Å². The molecule has 0 aliphatic heterocycles. The summed E-state index contributed by atoms with van der Waals surface area (Å²) >= 11 is 3.17. The second-order valence-electron chi connectivity index (χ2n) is 4.84. The molecule has 0 N–H and O–H groups in total. The molecular formula is C14H15BrFNO3S. The maximum atomic E-state index is 13.3. The molecule has 2 rings (SSSR count). The normalized spacial score (nSPS) is 12.1. The molecule has 0 aliphatic carbocycles. The Kier molecular flexibility index (Phi) is 4.55. The van der Waals surface area contributed by atoms with Gasteiger partial charge in [-0.15, -0.1) is 0 Å². The van der Waals surface area contributed by atoms with E-state index in [0.717, 1.165) is 0 Å². The van der Waals surface area contributed by atoms with E-state index in [2.05, 4.69) is 15.9 Å². The molecule has 0 spiro atoms. The lowest BCUT2D eigenvalue weighted by atomic mass is 10.1. The number of rotatable bonds is 4. The van der Waals surface area contributed by atoms with Crippen molar-refractivity contribution in [2.45, 2.75) is 25.3 Å². The second-order valence-corrected chi connectivity index (χ2v) is 7.60. The average Bonchev–Trinajstić information content (AvgIpc) is 2.72. The molecule has 1 heterocycles. The van der Waals surface area contributed by atoms with E-state index in [-0.39, 0.29) is 11.4 Å². The first-order valence-electron chi connectivity index (χ1n) is 6.19. The number of hydrogen-bond acceptors (Lipinski definition) is 3. The fraction of sp³-hybridized carbons (Fsp3) is 0.286. The molecule has 1 aromatic heterocycles. The molecule has 0 atom stereocenters. The van der Waals surface area contributed by atoms with Crippen LogP contribution in [-0.4, -0.2) is 19.8 Å². The SMILES string of the molecule is Cc1cc(F)cc(C)c1S(=O)(=O)N(C)Cc1ccc(Br)o1. The predicted octanol–water partition coefficient (Wildman–Crippen LogP) is 3.62. The number of sulfonamides is 1. The van der Waals surface area contributed by atoms with Crippen LogP contribution in [0.2, 0.25) is 0 Å². The van der Waals surface area contributed by atoms with Crippen LogP contribution in [0.1, 0.15) is 16.9 Å². The number of furan rings is 1. The van der Waals surface area contributed by atoms with E-state index in [1.165, 1.54) is 23.5 Å². The number of aryl methyl sites for hydroxylation is 2. The smallest absolute Gasteiger partial charge is 0.243 e. The van der Waals surface area contributed by atoms with Crippen molar-refractivity contribution in [1.82, 2.24) is 4.31 Å². The zero-order valence-electron chi connectivity index (χ0n) is 11.9. The van der Waals surface area contributed by atoms with Crippen LogP contribution < -0.4 is 0 Å². The van der Waals surface area contributed by atoms with E-state index < -0.39 is 15.8 Å². The van der Waals surface area contributed by atoms with Gasteiger partial charge in [0.25, 0.3) is 0 Å². The molecular weight excluding hydrogens is 361 g/mol. The molecule has 0 unspecified atom stereocenters. The molecule has 114 valence electrons. The summed E-state index contributed by atoms with van der Waals surface area (Å²) in [5.41, 5.74) is 0.778. The van der Waals surface area contributed by atoms with Gasteiger partial charge in [-0.2, -0.15) is 4.31 Å². The highest BCUT2D eigenvalue weighted by molar-refractivity contribution is 9.10. The summed E-state index contributed by atoms with van der Waals surface area (Å²) in [5, 5.41) is 0. The lowest BCUT2D eigenvalue weighted by Gasteiger charge is -2.19. The molecule has 0 saturated heterocycles. The van der Waals surface area contributed by atoms with Crippen molar-refractivity contribution in [2.24, 2.45) is 0 Å². The van der Waals surface area contributed by atoms with Crippen LogP contribution in [0.3, 0.4) is 0 Å². The lowest BCUT2D eigenvalue weighted by Crippen LogP contribution is -2.27. The topological polar surface area (TPSA) is 50.5 Å². The van der Waals surface area contributed by atoms with Crippen molar-refractivity contribution in [3.8, 4) is 0 Å². The number of hydrogen-bond donors (Lipinski definition) is 0. The van der Waals surface area contributed by atoms with E-state index >= 15 is 0 Å². The van der Waals surface area contributed by atoms with Crippen molar-refractivity contribution in [2.75, 3.05) is 7.05 Å². The minimum absolute atomic E-state index is 0.101. The Morgan fingerprint density at radius 1 is 1.24 bits per heavy atom. The summed E-state index contributed by atoms with van der Waals surface area (Å²) in [7, 11) is -2.25. The second kappa shape index (κ2) is 5.90. The Bertz CT molecular complexity index is 747. The summed E-state index contributed by atoms with van der Waals surface area (Å²) in [6, 6.07) is 5.83. The quantitative estimate of drug-likeness (QED) is 0.819. The molecule has 0 radical (unpaired) electrons. The fourth-order valence-electron chi connectivity index (χ4n) is 2.20. The van der Waals surface area contributed by atoms with Gasteiger partial charge >= 0.3 is 0 Å². The molecule has 21 heavy (non-hydrogen) atoms. The zero-order valence-corrected chi connectivity index (χ0v) is 14.3. The fourth-order valence-corrected chi connectivity index (χ4v) is 4.08. The van der Waals surface area contributed by atoms with Crippen LogP contribution in [0.5, 0.6) is 0 Å². The molecule has 1 aromatic carbocycles. The third kappa shape index (κ3) is 3.36. The van der Waals surface area contributed by atoms with Crippen LogP contribution in [0.25, 0.3) is 0 Å². The third-order valence-electron chi connectivity index (χ3n) is 3.10. The Labute approximate surface area is 131 Å². The van der Waals surface area contributed by atoms with Gasteiger partial charge < -0.3 is 4.42 Å². The number of benzene rings is 1. The average molecular weight is 376 g/mol. The van der Waals surface area contributed by atoms with Gasteiger partial charge in [-0.05, 0) is 65.2 Å². The Balaban J connectivity index is 2.38. The van der Waals surface area contributed by atoms with E-state index in [9.17, 15) is 12.8 Å². The predicted molar refractivity (Wildman–Crippen MR) is 80.9 cm³/mol. The minimum atomic E-state index is -3.71. The molecule has 0 bridgehead atoms. The highest BCUT2D eigenvalue weighted by Gasteiger charge is 2.26.